The molecule has 0 atom stereocenters. The van der Waals surface area contributed by atoms with Crippen LogP contribution in [0.5, 0.6) is 0 Å². The normalized spacial score (nSPS) is 12.1. The van der Waals surface area contributed by atoms with Gasteiger partial charge in [0.1, 0.15) is 0 Å². The van der Waals surface area contributed by atoms with Gasteiger partial charge in [-0.1, -0.05) is 66.9 Å². The van der Waals surface area contributed by atoms with Crippen LogP contribution in [0.1, 0.15) is 43.0 Å². The smallest absolute Gasteiger partial charge is 0.0920 e. The van der Waals surface area contributed by atoms with Crippen molar-refractivity contribution in [2.75, 3.05) is 0 Å². The molecule has 0 spiro atoms. The number of hydrogen-bond donors (Lipinski definition) is 0. The van der Waals surface area contributed by atoms with Crippen LogP contribution >= 0.6 is 17.0 Å². The molecule has 6 rings (SSSR count). The predicted molar refractivity (Wildman–Crippen MR) is 170 cm³/mol. The second-order valence-electron chi connectivity index (χ2n) is 10.9. The van der Waals surface area contributed by atoms with Crippen LogP contribution in [0.15, 0.2) is 84.9 Å². The van der Waals surface area contributed by atoms with Crippen molar-refractivity contribution >= 4 is 47.7 Å². The Balaban J connectivity index is 0.000000236. The summed E-state index contributed by atoms with van der Waals surface area (Å²) in [6.07, 6.45) is -8.46. The van der Waals surface area contributed by atoms with Crippen molar-refractivity contribution in [3.8, 4) is 22.3 Å². The first-order valence-corrected chi connectivity index (χ1v) is 21.4. The molecule has 0 bridgehead atoms. The third-order valence-electron chi connectivity index (χ3n) is 7.27. The van der Waals surface area contributed by atoms with Crippen molar-refractivity contribution in [3.05, 3.63) is 113 Å². The third kappa shape index (κ3) is 8.77. The van der Waals surface area contributed by atoms with E-state index < -0.39 is 44.3 Å². The van der Waals surface area contributed by atoms with Crippen molar-refractivity contribution in [1.29, 1.82) is 0 Å². The maximum absolute atomic E-state index is 13.3. The van der Waals surface area contributed by atoms with Crippen LogP contribution in [-0.2, 0) is 46.0 Å². The van der Waals surface area contributed by atoms with Gasteiger partial charge in [-0.15, -0.1) is 40.1 Å². The van der Waals surface area contributed by atoms with Gasteiger partial charge in [-0.2, -0.15) is 61.9 Å². The monoisotopic (exact) mass is 750 g/mol. The molecule has 0 saturated heterocycles. The first-order valence-electron chi connectivity index (χ1n) is 14.1. The van der Waals surface area contributed by atoms with Crippen LogP contribution in [-0.4, -0.2) is 9.52 Å². The van der Waals surface area contributed by atoms with Crippen LogP contribution in [0.25, 0.3) is 33.0 Å². The zero-order valence-electron chi connectivity index (χ0n) is 24.6. The number of alkyl halides is 6. The molecule has 1 aliphatic rings. The van der Waals surface area contributed by atoms with Gasteiger partial charge >= 0.3 is 50.2 Å². The first-order chi connectivity index (χ1) is 21.3. The van der Waals surface area contributed by atoms with E-state index in [0.717, 1.165) is 39.0 Å². The second-order valence-corrected chi connectivity index (χ2v) is 15.9. The molecule has 0 saturated carbocycles. The minimum atomic E-state index is -4.87. The second kappa shape index (κ2) is 15.1. The third-order valence-corrected chi connectivity index (χ3v) is 8.64. The quantitative estimate of drug-likeness (QED) is 0.0956. The van der Waals surface area contributed by atoms with Gasteiger partial charge in [0.2, 0.25) is 0 Å². The van der Waals surface area contributed by atoms with Crippen LogP contribution in [0.2, 0.25) is 0 Å². The molecule has 1 aliphatic heterocycles. The van der Waals surface area contributed by atoms with Crippen molar-refractivity contribution in [2.24, 2.45) is 5.92 Å². The molecule has 10 heteroatoms. The molecule has 0 aromatic heterocycles. The number of rotatable bonds is 4. The van der Waals surface area contributed by atoms with E-state index in [4.69, 9.17) is 17.0 Å². The van der Waals surface area contributed by atoms with E-state index >= 15 is 0 Å². The largest absolute Gasteiger partial charge is 0.184 e. The summed E-state index contributed by atoms with van der Waals surface area (Å²) in [6, 6.07) is 27.5. The Kier molecular flexibility index (Phi) is 11.9. The SMILES string of the molecule is CCc1ccc2[cH-]c(CC(C)C)cc2c1-c1cc(C(F)(F)F)cc(C(F)(F)F)c1.[Cl][Zr+2][Cl].[c-]1cccc2c1[Si]c1ccccc1-2. The fraction of sp³-hybridized carbons (Fsp3) is 0.229. The molecule has 1 heterocycles. The minimum Gasteiger partial charge on any atom is -0.184 e. The van der Waals surface area contributed by atoms with Gasteiger partial charge in [0.15, 0.2) is 0 Å². The Morgan fingerprint density at radius 3 is 2.07 bits per heavy atom. The molecule has 0 fully saturated rings. The summed E-state index contributed by atoms with van der Waals surface area (Å²) in [7, 11) is 10.7. The Hall–Kier alpha value is -2.25. The van der Waals surface area contributed by atoms with Gasteiger partial charge in [-0.25, -0.2) is 0 Å². The summed E-state index contributed by atoms with van der Waals surface area (Å²) in [5, 5.41) is 4.33. The van der Waals surface area contributed by atoms with Crippen molar-refractivity contribution in [1.82, 2.24) is 0 Å². The summed E-state index contributed by atoms with van der Waals surface area (Å²) in [5.74, 6) is 0.381. The van der Waals surface area contributed by atoms with E-state index in [-0.39, 0.29) is 11.6 Å². The molecular formula is C35H28Cl2F6SiZr. The van der Waals surface area contributed by atoms with Crippen molar-refractivity contribution in [2.45, 2.75) is 46.0 Å². The number of halogens is 8. The number of hydrogen-bond acceptors (Lipinski definition) is 0. The van der Waals surface area contributed by atoms with Crippen molar-refractivity contribution < 1.29 is 47.2 Å². The fourth-order valence-electron chi connectivity index (χ4n) is 5.44. The molecule has 5 aromatic carbocycles. The minimum absolute atomic E-state index is 0.0590. The van der Waals surface area contributed by atoms with Gasteiger partial charge in [0.05, 0.1) is 20.6 Å². The number of fused-ring (bicyclic) bond motifs is 4. The Bertz CT molecular complexity index is 1680. The standard InChI is InChI=1S/C23H21F6.C12H7Si.2ClH.Zr/c1-4-15-5-6-16-8-14(7-13(2)3)9-20(16)21(15)17-10-18(22(24,25)26)12-19(11-17)23(27,28)29;1-3-7-11-9(5-1)10-6-2-4-8-12(10)13-11;;;/h5-6,8-13H,4,7H2,1-3H3;1-7H;2*1H;/q2*-1;;;+4/p-2. The van der Waals surface area contributed by atoms with E-state index in [1.807, 2.05) is 31.2 Å². The molecule has 0 nitrogen and oxygen atoms in total. The molecule has 0 N–H and O–H groups in total. The van der Waals surface area contributed by atoms with Gasteiger partial charge in [-0.05, 0) is 42.5 Å². The molecule has 0 aliphatic carbocycles. The Morgan fingerprint density at radius 1 is 0.844 bits per heavy atom. The van der Waals surface area contributed by atoms with E-state index in [1.165, 1.54) is 21.5 Å². The van der Waals surface area contributed by atoms with Crippen molar-refractivity contribution in [3.63, 3.8) is 0 Å². The first kappa shape index (κ1) is 35.6. The summed E-state index contributed by atoms with van der Waals surface area (Å²) >= 11 is -0.826. The maximum Gasteiger partial charge on any atom is 0.0920 e. The zero-order chi connectivity index (χ0) is 32.9. The molecular weight excluding hydrogens is 725 g/mol. The van der Waals surface area contributed by atoms with Crippen LogP contribution in [0, 0.1) is 12.0 Å². The average Bonchev–Trinajstić information content (AvgIpc) is 3.56. The van der Waals surface area contributed by atoms with Crippen LogP contribution in [0.3, 0.4) is 0 Å². The van der Waals surface area contributed by atoms with E-state index in [1.54, 1.807) is 6.07 Å². The van der Waals surface area contributed by atoms with Crippen LogP contribution < -0.4 is 10.4 Å². The molecule has 232 valence electrons. The topological polar surface area (TPSA) is 0 Å². The maximum atomic E-state index is 13.3. The van der Waals surface area contributed by atoms with Crippen LogP contribution in [0.4, 0.5) is 26.3 Å². The average molecular weight is 753 g/mol. The molecule has 0 unspecified atom stereocenters. The predicted octanol–water partition coefficient (Wildman–Crippen LogP) is 10.5. The van der Waals surface area contributed by atoms with Gasteiger partial charge < -0.3 is 0 Å². The van der Waals surface area contributed by atoms with Gasteiger partial charge in [0, 0.05) is 0 Å². The van der Waals surface area contributed by atoms with E-state index in [2.05, 4.69) is 56.3 Å². The summed E-state index contributed by atoms with van der Waals surface area (Å²) < 4.78 is 80.0. The summed E-state index contributed by atoms with van der Waals surface area (Å²) in [4.78, 5) is 0. The Morgan fingerprint density at radius 2 is 1.47 bits per heavy atom. The molecule has 45 heavy (non-hydrogen) atoms. The van der Waals surface area contributed by atoms with Gasteiger partial charge in [-0.3, -0.25) is 0 Å². The summed E-state index contributed by atoms with van der Waals surface area (Å²) in [5.41, 5.74) is 2.29. The Labute approximate surface area is 280 Å². The number of benzene rings is 4. The zero-order valence-corrected chi connectivity index (χ0v) is 29.6. The van der Waals surface area contributed by atoms with E-state index in [9.17, 15) is 26.3 Å². The molecule has 5 aromatic rings. The molecule has 2 radical (unpaired) electrons. The molecule has 0 amide bonds. The summed E-state index contributed by atoms with van der Waals surface area (Å²) in [6.45, 7) is 5.94. The van der Waals surface area contributed by atoms with Gasteiger partial charge in [0.25, 0.3) is 0 Å². The number of aryl methyl sites for hydroxylation is 1. The fourth-order valence-corrected chi connectivity index (χ4v) is 6.75. The van der Waals surface area contributed by atoms with E-state index in [0.29, 0.717) is 28.9 Å².